The fourth-order valence-corrected chi connectivity index (χ4v) is 3.16. The van der Waals surface area contributed by atoms with Crippen LogP contribution in [0, 0.1) is 6.92 Å². The van der Waals surface area contributed by atoms with Gasteiger partial charge >= 0.3 is 0 Å². The molecule has 2 atom stereocenters. The van der Waals surface area contributed by atoms with E-state index in [0.717, 1.165) is 41.8 Å². The number of carbonyl (C=O) groups excluding carboxylic acids is 1. The van der Waals surface area contributed by atoms with Crippen LogP contribution in [0.4, 0.5) is 5.69 Å². The van der Waals surface area contributed by atoms with E-state index in [-0.39, 0.29) is 18.1 Å². The number of benzene rings is 1. The number of carbonyl (C=O) groups is 1. The first kappa shape index (κ1) is 13.6. The Morgan fingerprint density at radius 2 is 2.20 bits per heavy atom. The van der Waals surface area contributed by atoms with Gasteiger partial charge in [-0.2, -0.15) is 0 Å². The first-order chi connectivity index (χ1) is 9.41. The van der Waals surface area contributed by atoms with Gasteiger partial charge in [-0.15, -0.1) is 0 Å². The minimum atomic E-state index is -0.494. The van der Waals surface area contributed by atoms with E-state index in [1.807, 2.05) is 20.8 Å². The smallest absolute Gasteiger partial charge is 0.234 e. The van der Waals surface area contributed by atoms with E-state index in [4.69, 9.17) is 10.5 Å². The second-order valence-electron chi connectivity index (χ2n) is 6.42. The SMILES string of the molecule is Cc1cc(C(N)C2CCCO2)cc2c1NC(=O)C2(C)C. The first-order valence-electron chi connectivity index (χ1n) is 7.25. The van der Waals surface area contributed by atoms with Crippen LogP contribution < -0.4 is 11.1 Å². The van der Waals surface area contributed by atoms with Crippen molar-refractivity contribution in [2.45, 2.75) is 51.2 Å². The van der Waals surface area contributed by atoms with Crippen LogP contribution >= 0.6 is 0 Å². The van der Waals surface area contributed by atoms with Gasteiger partial charge in [0.1, 0.15) is 0 Å². The molecule has 1 saturated heterocycles. The number of nitrogens with two attached hydrogens (primary N) is 1. The molecule has 1 aromatic carbocycles. The Hall–Kier alpha value is -1.39. The Morgan fingerprint density at radius 1 is 1.45 bits per heavy atom. The van der Waals surface area contributed by atoms with Gasteiger partial charge in [-0.1, -0.05) is 12.1 Å². The molecule has 1 aromatic rings. The number of hydrogen-bond acceptors (Lipinski definition) is 3. The molecule has 108 valence electrons. The summed E-state index contributed by atoms with van der Waals surface area (Å²) in [4.78, 5) is 12.1. The average molecular weight is 274 g/mol. The lowest BCUT2D eigenvalue weighted by molar-refractivity contribution is -0.119. The fourth-order valence-electron chi connectivity index (χ4n) is 3.16. The maximum absolute atomic E-state index is 12.1. The second-order valence-corrected chi connectivity index (χ2v) is 6.42. The van der Waals surface area contributed by atoms with Crippen molar-refractivity contribution in [2.75, 3.05) is 11.9 Å². The Bertz CT molecular complexity index is 560. The highest BCUT2D eigenvalue weighted by atomic mass is 16.5. The van der Waals surface area contributed by atoms with Gasteiger partial charge in [0.15, 0.2) is 0 Å². The summed E-state index contributed by atoms with van der Waals surface area (Å²) in [6, 6.07) is 4.03. The molecule has 3 N–H and O–H groups in total. The van der Waals surface area contributed by atoms with Gasteiger partial charge < -0.3 is 15.8 Å². The number of amides is 1. The largest absolute Gasteiger partial charge is 0.376 e. The Morgan fingerprint density at radius 3 is 2.85 bits per heavy atom. The van der Waals surface area contributed by atoms with Gasteiger partial charge in [0.2, 0.25) is 5.91 Å². The molecule has 0 spiro atoms. The summed E-state index contributed by atoms with van der Waals surface area (Å²) in [6.45, 7) is 6.73. The standard InChI is InChI=1S/C16H22N2O2/c1-9-7-10(13(17)12-5-4-6-20-12)8-11-14(9)18-15(19)16(11,2)3/h7-8,12-13H,4-6,17H2,1-3H3,(H,18,19). The van der Waals surface area contributed by atoms with Crippen molar-refractivity contribution in [2.24, 2.45) is 5.73 Å². The van der Waals surface area contributed by atoms with Crippen molar-refractivity contribution in [1.82, 2.24) is 0 Å². The molecule has 0 aliphatic carbocycles. The normalized spacial score (nSPS) is 25.4. The molecule has 2 heterocycles. The number of nitrogens with one attached hydrogen (secondary N) is 1. The summed E-state index contributed by atoms with van der Waals surface area (Å²) in [7, 11) is 0. The molecule has 1 fully saturated rings. The minimum absolute atomic E-state index is 0.0541. The molecule has 20 heavy (non-hydrogen) atoms. The van der Waals surface area contributed by atoms with Crippen molar-refractivity contribution in [3.63, 3.8) is 0 Å². The lowest BCUT2D eigenvalue weighted by Gasteiger charge is -2.22. The van der Waals surface area contributed by atoms with E-state index in [1.165, 1.54) is 0 Å². The van der Waals surface area contributed by atoms with E-state index in [2.05, 4.69) is 17.4 Å². The predicted molar refractivity (Wildman–Crippen MR) is 78.7 cm³/mol. The highest BCUT2D eigenvalue weighted by molar-refractivity contribution is 6.06. The summed E-state index contributed by atoms with van der Waals surface area (Å²) < 4.78 is 5.69. The monoisotopic (exact) mass is 274 g/mol. The van der Waals surface area contributed by atoms with Gasteiger partial charge in [0, 0.05) is 12.3 Å². The third-order valence-corrected chi connectivity index (χ3v) is 4.59. The summed E-state index contributed by atoms with van der Waals surface area (Å²) in [5.74, 6) is 0.0541. The molecule has 4 nitrogen and oxygen atoms in total. The molecule has 2 unspecified atom stereocenters. The lowest BCUT2D eigenvalue weighted by atomic mass is 9.83. The van der Waals surface area contributed by atoms with Gasteiger partial charge in [0.25, 0.3) is 0 Å². The van der Waals surface area contributed by atoms with E-state index in [0.29, 0.717) is 0 Å². The molecule has 3 rings (SSSR count). The van der Waals surface area contributed by atoms with Crippen LogP contribution in [0.2, 0.25) is 0 Å². The molecule has 2 aliphatic rings. The fraction of sp³-hybridized carbons (Fsp3) is 0.562. The average Bonchev–Trinajstić information content (AvgIpc) is 2.99. The zero-order chi connectivity index (χ0) is 14.5. The van der Waals surface area contributed by atoms with E-state index < -0.39 is 5.41 Å². The Balaban J connectivity index is 2.01. The topological polar surface area (TPSA) is 64.3 Å². The molecule has 0 saturated carbocycles. The summed E-state index contributed by atoms with van der Waals surface area (Å²) in [5.41, 5.74) is 10.00. The first-order valence-corrected chi connectivity index (χ1v) is 7.25. The highest BCUT2D eigenvalue weighted by Gasteiger charge is 2.40. The van der Waals surface area contributed by atoms with Crippen LogP contribution in [0.25, 0.3) is 0 Å². The minimum Gasteiger partial charge on any atom is -0.376 e. The highest BCUT2D eigenvalue weighted by Crippen LogP contribution is 2.41. The van der Waals surface area contributed by atoms with Crippen LogP contribution in [-0.2, 0) is 14.9 Å². The Kier molecular flexibility index (Phi) is 3.10. The number of aryl methyl sites for hydroxylation is 1. The molecule has 4 heteroatoms. The van der Waals surface area contributed by atoms with E-state index in [1.54, 1.807) is 0 Å². The number of fused-ring (bicyclic) bond motifs is 1. The van der Waals surface area contributed by atoms with E-state index >= 15 is 0 Å². The van der Waals surface area contributed by atoms with Gasteiger partial charge in [-0.05, 0) is 50.3 Å². The molecule has 0 aromatic heterocycles. The maximum atomic E-state index is 12.1. The number of ether oxygens (including phenoxy) is 1. The summed E-state index contributed by atoms with van der Waals surface area (Å²) >= 11 is 0. The number of hydrogen-bond donors (Lipinski definition) is 2. The van der Waals surface area contributed by atoms with Crippen molar-refractivity contribution in [3.8, 4) is 0 Å². The quantitative estimate of drug-likeness (QED) is 0.870. The molecular formula is C16H22N2O2. The second kappa shape index (κ2) is 4.57. The summed E-state index contributed by atoms with van der Waals surface area (Å²) in [5, 5.41) is 2.98. The number of rotatable bonds is 2. The predicted octanol–water partition coefficient (Wildman–Crippen LogP) is 2.40. The number of anilines is 1. The Labute approximate surface area is 119 Å². The third-order valence-electron chi connectivity index (χ3n) is 4.59. The van der Waals surface area contributed by atoms with Crippen LogP contribution in [0.3, 0.4) is 0 Å². The van der Waals surface area contributed by atoms with Crippen LogP contribution in [-0.4, -0.2) is 18.6 Å². The molecule has 0 radical (unpaired) electrons. The molecule has 2 aliphatic heterocycles. The van der Waals surface area contributed by atoms with E-state index in [9.17, 15) is 4.79 Å². The zero-order valence-corrected chi connectivity index (χ0v) is 12.3. The van der Waals surface area contributed by atoms with Gasteiger partial charge in [-0.3, -0.25) is 4.79 Å². The molecular weight excluding hydrogens is 252 g/mol. The van der Waals surface area contributed by atoms with Crippen molar-refractivity contribution < 1.29 is 9.53 Å². The molecule has 1 amide bonds. The molecule has 0 bridgehead atoms. The van der Waals surface area contributed by atoms with Crippen molar-refractivity contribution in [1.29, 1.82) is 0 Å². The lowest BCUT2D eigenvalue weighted by Crippen LogP contribution is -2.28. The zero-order valence-electron chi connectivity index (χ0n) is 12.3. The van der Waals surface area contributed by atoms with Gasteiger partial charge in [0.05, 0.1) is 17.6 Å². The third kappa shape index (κ3) is 1.95. The maximum Gasteiger partial charge on any atom is 0.234 e. The van der Waals surface area contributed by atoms with Crippen molar-refractivity contribution >= 4 is 11.6 Å². The van der Waals surface area contributed by atoms with Crippen molar-refractivity contribution in [3.05, 3.63) is 28.8 Å². The van der Waals surface area contributed by atoms with Crippen LogP contribution in [0.1, 0.15) is 49.4 Å². The van der Waals surface area contributed by atoms with Gasteiger partial charge in [-0.25, -0.2) is 0 Å². The van der Waals surface area contributed by atoms with Crippen LogP contribution in [0.15, 0.2) is 12.1 Å². The summed E-state index contributed by atoms with van der Waals surface area (Å²) in [6.07, 6.45) is 2.19. The van der Waals surface area contributed by atoms with Crippen LogP contribution in [0.5, 0.6) is 0 Å².